The van der Waals surface area contributed by atoms with Crippen molar-refractivity contribution in [1.82, 2.24) is 4.98 Å². The zero-order valence-electron chi connectivity index (χ0n) is 11.1. The van der Waals surface area contributed by atoms with Crippen LogP contribution in [0.1, 0.15) is 6.92 Å². The Labute approximate surface area is 112 Å². The van der Waals surface area contributed by atoms with Gasteiger partial charge in [-0.2, -0.15) is 0 Å². The van der Waals surface area contributed by atoms with Gasteiger partial charge in [0.05, 0.1) is 6.61 Å². The molecule has 0 fully saturated rings. The number of aromatic nitrogens is 1. The summed E-state index contributed by atoms with van der Waals surface area (Å²) in [4.78, 5) is 13.9. The number of hydrogen-bond acceptors (Lipinski definition) is 3. The van der Waals surface area contributed by atoms with Crippen LogP contribution in [-0.2, 0) is 4.74 Å². The van der Waals surface area contributed by atoms with Gasteiger partial charge in [-0.3, -0.25) is 4.79 Å². The fraction of sp³-hybridized carbons (Fsp3) is 0.267. The van der Waals surface area contributed by atoms with Crippen molar-refractivity contribution >= 4 is 0 Å². The van der Waals surface area contributed by atoms with E-state index in [2.05, 4.69) is 4.98 Å². The fourth-order valence-corrected chi connectivity index (χ4v) is 1.87. The van der Waals surface area contributed by atoms with Crippen LogP contribution in [0.25, 0.3) is 11.1 Å². The Hall–Kier alpha value is -2.07. The molecule has 2 rings (SSSR count). The second-order valence-electron chi connectivity index (χ2n) is 4.35. The molecule has 1 atom stereocenters. The van der Waals surface area contributed by atoms with Crippen molar-refractivity contribution in [3.8, 4) is 16.9 Å². The first-order valence-electron chi connectivity index (χ1n) is 6.14. The molecule has 0 spiro atoms. The minimum absolute atomic E-state index is 0.0144. The summed E-state index contributed by atoms with van der Waals surface area (Å²) >= 11 is 0. The van der Waals surface area contributed by atoms with Crippen LogP contribution in [0.15, 0.2) is 47.4 Å². The molecule has 4 nitrogen and oxygen atoms in total. The van der Waals surface area contributed by atoms with Gasteiger partial charge in [-0.25, -0.2) is 0 Å². The highest BCUT2D eigenvalue weighted by Crippen LogP contribution is 2.23. The van der Waals surface area contributed by atoms with Gasteiger partial charge in [0.1, 0.15) is 11.9 Å². The zero-order chi connectivity index (χ0) is 13.7. The Morgan fingerprint density at radius 3 is 2.74 bits per heavy atom. The summed E-state index contributed by atoms with van der Waals surface area (Å²) in [5.74, 6) is 0.766. The van der Waals surface area contributed by atoms with Gasteiger partial charge < -0.3 is 14.5 Å². The maximum absolute atomic E-state index is 11.3. The summed E-state index contributed by atoms with van der Waals surface area (Å²) in [6.45, 7) is 2.48. The van der Waals surface area contributed by atoms with Gasteiger partial charge in [0.2, 0.25) is 5.56 Å². The van der Waals surface area contributed by atoms with Crippen LogP contribution in [0.5, 0.6) is 5.75 Å². The highest BCUT2D eigenvalue weighted by Gasteiger charge is 2.05. The summed E-state index contributed by atoms with van der Waals surface area (Å²) in [5.41, 5.74) is 1.71. The number of benzene rings is 1. The third kappa shape index (κ3) is 3.69. The van der Waals surface area contributed by atoms with Crippen molar-refractivity contribution in [2.24, 2.45) is 0 Å². The van der Waals surface area contributed by atoms with Gasteiger partial charge in [0, 0.05) is 19.4 Å². The molecule has 0 radical (unpaired) electrons. The first kappa shape index (κ1) is 13.4. The van der Waals surface area contributed by atoms with Gasteiger partial charge in [-0.05, 0) is 36.2 Å². The third-order valence-electron chi connectivity index (χ3n) is 2.68. The first-order valence-corrected chi connectivity index (χ1v) is 6.14. The Morgan fingerprint density at radius 2 is 2.00 bits per heavy atom. The molecule has 4 heteroatoms. The largest absolute Gasteiger partial charge is 0.488 e. The number of aromatic amines is 1. The van der Waals surface area contributed by atoms with Crippen LogP contribution in [0.4, 0.5) is 0 Å². The molecule has 0 amide bonds. The average molecular weight is 259 g/mol. The van der Waals surface area contributed by atoms with Crippen LogP contribution in [0.3, 0.4) is 0 Å². The van der Waals surface area contributed by atoms with Crippen LogP contribution in [-0.4, -0.2) is 24.8 Å². The second kappa shape index (κ2) is 6.20. The highest BCUT2D eigenvalue weighted by atomic mass is 16.5. The zero-order valence-corrected chi connectivity index (χ0v) is 11.1. The summed E-state index contributed by atoms with van der Waals surface area (Å²) in [5, 5.41) is 0. The normalized spacial score (nSPS) is 12.1. The van der Waals surface area contributed by atoms with Crippen LogP contribution in [0.2, 0.25) is 0 Å². The Balaban J connectivity index is 2.22. The summed E-state index contributed by atoms with van der Waals surface area (Å²) < 4.78 is 10.8. The van der Waals surface area contributed by atoms with Crippen LogP contribution >= 0.6 is 0 Å². The van der Waals surface area contributed by atoms with E-state index >= 15 is 0 Å². The van der Waals surface area contributed by atoms with E-state index in [-0.39, 0.29) is 11.7 Å². The SMILES string of the molecule is COCC(C)Oc1cccc(-c2cc[nH]c(=O)c2)c1. The summed E-state index contributed by atoms with van der Waals surface area (Å²) in [7, 11) is 1.65. The van der Waals surface area contributed by atoms with E-state index < -0.39 is 0 Å². The quantitative estimate of drug-likeness (QED) is 0.897. The van der Waals surface area contributed by atoms with E-state index in [1.807, 2.05) is 37.3 Å². The average Bonchev–Trinajstić information content (AvgIpc) is 2.39. The molecule has 100 valence electrons. The van der Waals surface area contributed by atoms with Crippen molar-refractivity contribution in [3.63, 3.8) is 0 Å². The Kier molecular flexibility index (Phi) is 4.36. The molecule has 0 aliphatic rings. The standard InChI is InChI=1S/C15H17NO3/c1-11(10-18-2)19-14-5-3-4-12(8-14)13-6-7-16-15(17)9-13/h3-9,11H,10H2,1-2H3,(H,16,17). The predicted molar refractivity (Wildman–Crippen MR) is 74.5 cm³/mol. The molecular formula is C15H17NO3. The van der Waals surface area contributed by atoms with Crippen LogP contribution in [0, 0.1) is 0 Å². The smallest absolute Gasteiger partial charge is 0.248 e. The lowest BCUT2D eigenvalue weighted by molar-refractivity contribution is 0.0921. The molecule has 1 N–H and O–H groups in total. The number of H-pyrrole nitrogens is 1. The van der Waals surface area contributed by atoms with E-state index in [1.165, 1.54) is 0 Å². The van der Waals surface area contributed by atoms with Crippen molar-refractivity contribution < 1.29 is 9.47 Å². The molecule has 2 aromatic rings. The van der Waals surface area contributed by atoms with Crippen molar-refractivity contribution in [1.29, 1.82) is 0 Å². The highest BCUT2D eigenvalue weighted by molar-refractivity contribution is 5.64. The molecular weight excluding hydrogens is 242 g/mol. The molecule has 0 aliphatic heterocycles. The lowest BCUT2D eigenvalue weighted by Crippen LogP contribution is -2.17. The van der Waals surface area contributed by atoms with E-state index in [1.54, 1.807) is 19.4 Å². The van der Waals surface area contributed by atoms with Crippen molar-refractivity contribution in [2.75, 3.05) is 13.7 Å². The molecule has 19 heavy (non-hydrogen) atoms. The number of rotatable bonds is 5. The van der Waals surface area contributed by atoms with Crippen molar-refractivity contribution in [3.05, 3.63) is 52.9 Å². The molecule has 0 saturated carbocycles. The number of hydrogen-bond donors (Lipinski definition) is 1. The molecule has 1 unspecified atom stereocenters. The predicted octanol–water partition coefficient (Wildman–Crippen LogP) is 2.46. The van der Waals surface area contributed by atoms with Gasteiger partial charge in [0.25, 0.3) is 0 Å². The molecule has 0 aliphatic carbocycles. The van der Waals surface area contributed by atoms with E-state index in [9.17, 15) is 4.79 Å². The maximum Gasteiger partial charge on any atom is 0.248 e. The lowest BCUT2D eigenvalue weighted by atomic mass is 10.1. The van der Waals surface area contributed by atoms with Gasteiger partial charge >= 0.3 is 0 Å². The van der Waals surface area contributed by atoms with Gasteiger partial charge in [0.15, 0.2) is 0 Å². The second-order valence-corrected chi connectivity index (χ2v) is 4.35. The number of ether oxygens (including phenoxy) is 2. The lowest BCUT2D eigenvalue weighted by Gasteiger charge is -2.14. The van der Waals surface area contributed by atoms with Crippen LogP contribution < -0.4 is 10.3 Å². The third-order valence-corrected chi connectivity index (χ3v) is 2.68. The first-order chi connectivity index (χ1) is 9.19. The monoisotopic (exact) mass is 259 g/mol. The molecule has 0 bridgehead atoms. The van der Waals surface area contributed by atoms with Crippen molar-refractivity contribution in [2.45, 2.75) is 13.0 Å². The topological polar surface area (TPSA) is 51.3 Å². The molecule has 1 aromatic heterocycles. The minimum atomic E-state index is -0.114. The van der Waals surface area contributed by atoms with E-state index in [4.69, 9.17) is 9.47 Å². The maximum atomic E-state index is 11.3. The van der Waals surface area contributed by atoms with E-state index in [0.717, 1.165) is 16.9 Å². The summed E-state index contributed by atoms with van der Waals surface area (Å²) in [6, 6.07) is 11.1. The van der Waals surface area contributed by atoms with Gasteiger partial charge in [-0.1, -0.05) is 12.1 Å². The number of pyridine rings is 1. The minimum Gasteiger partial charge on any atom is -0.488 e. The Bertz CT molecular complexity index is 592. The van der Waals surface area contributed by atoms with E-state index in [0.29, 0.717) is 6.61 Å². The fourth-order valence-electron chi connectivity index (χ4n) is 1.87. The number of methoxy groups -OCH3 is 1. The van der Waals surface area contributed by atoms with Gasteiger partial charge in [-0.15, -0.1) is 0 Å². The Morgan fingerprint density at radius 1 is 1.21 bits per heavy atom. The summed E-state index contributed by atoms with van der Waals surface area (Å²) in [6.07, 6.45) is 1.62. The molecule has 1 heterocycles. The number of nitrogens with one attached hydrogen (secondary N) is 1. The molecule has 0 saturated heterocycles. The molecule has 1 aromatic carbocycles.